The molecule has 4 heteroatoms. The second-order valence-corrected chi connectivity index (χ2v) is 7.08. The molecular weight excluding hydrogens is 252 g/mol. The van der Waals surface area contributed by atoms with E-state index in [4.69, 9.17) is 0 Å². The predicted octanol–water partition coefficient (Wildman–Crippen LogP) is 2.73. The fourth-order valence-electron chi connectivity index (χ4n) is 3.37. The minimum Gasteiger partial charge on any atom is -0.480 e. The van der Waals surface area contributed by atoms with Crippen LogP contribution in [0.15, 0.2) is 0 Å². The number of hydrogen-bond acceptors (Lipinski definition) is 3. The van der Waals surface area contributed by atoms with Gasteiger partial charge in [-0.3, -0.25) is 10.1 Å². The maximum absolute atomic E-state index is 11.6. The fraction of sp³-hybridized carbons (Fsp3) is 0.938. The maximum Gasteiger partial charge on any atom is 0.323 e. The molecule has 0 bridgehead atoms. The van der Waals surface area contributed by atoms with Gasteiger partial charge in [0.25, 0.3) is 0 Å². The number of aliphatic carboxylic acids is 1. The molecule has 2 unspecified atom stereocenters. The highest BCUT2D eigenvalue weighted by atomic mass is 16.4. The van der Waals surface area contributed by atoms with Gasteiger partial charge in [0.1, 0.15) is 5.54 Å². The van der Waals surface area contributed by atoms with Gasteiger partial charge in [0.15, 0.2) is 0 Å². The molecule has 1 fully saturated rings. The van der Waals surface area contributed by atoms with Crippen LogP contribution in [0.2, 0.25) is 0 Å². The Kier molecular flexibility index (Phi) is 6.46. The molecule has 0 aliphatic heterocycles. The van der Waals surface area contributed by atoms with Crippen LogP contribution < -0.4 is 5.32 Å². The summed E-state index contributed by atoms with van der Waals surface area (Å²) >= 11 is 0. The molecule has 0 aromatic heterocycles. The molecule has 0 aromatic carbocycles. The average molecular weight is 284 g/mol. The minimum absolute atomic E-state index is 0.170. The second kappa shape index (κ2) is 7.41. The first-order valence-electron chi connectivity index (χ1n) is 7.96. The normalized spacial score (nSPS) is 21.4. The molecule has 0 saturated heterocycles. The number of carbonyl (C=O) groups is 1. The lowest BCUT2D eigenvalue weighted by Crippen LogP contribution is -2.55. The fourth-order valence-corrected chi connectivity index (χ4v) is 3.37. The zero-order chi connectivity index (χ0) is 15.3. The lowest BCUT2D eigenvalue weighted by Gasteiger charge is -2.35. The van der Waals surface area contributed by atoms with E-state index >= 15 is 0 Å². The van der Waals surface area contributed by atoms with Crippen LogP contribution in [-0.4, -0.2) is 47.2 Å². The van der Waals surface area contributed by atoms with Gasteiger partial charge in [-0.05, 0) is 59.9 Å². The SMILES string of the molecule is CC(C)NC(C)(CC(C)N(C)CC1CCCC1)C(=O)O. The van der Waals surface area contributed by atoms with Gasteiger partial charge < -0.3 is 10.0 Å². The molecular formula is C16H32N2O2. The molecule has 2 N–H and O–H groups in total. The van der Waals surface area contributed by atoms with Crippen molar-refractivity contribution in [2.45, 2.75) is 77.4 Å². The summed E-state index contributed by atoms with van der Waals surface area (Å²) in [6.45, 7) is 9.02. The standard InChI is InChI=1S/C16H32N2O2/c1-12(2)17-16(4,15(19)20)10-13(3)18(5)11-14-8-6-7-9-14/h12-14,17H,6-11H2,1-5H3,(H,19,20). The van der Waals surface area contributed by atoms with Crippen LogP contribution in [0.25, 0.3) is 0 Å². The zero-order valence-electron chi connectivity index (χ0n) is 13.8. The van der Waals surface area contributed by atoms with Crippen LogP contribution in [0.4, 0.5) is 0 Å². The van der Waals surface area contributed by atoms with Crippen LogP contribution in [-0.2, 0) is 4.79 Å². The first kappa shape index (κ1) is 17.4. The van der Waals surface area contributed by atoms with Gasteiger partial charge in [0, 0.05) is 18.6 Å². The maximum atomic E-state index is 11.6. The quantitative estimate of drug-likeness (QED) is 0.719. The summed E-state index contributed by atoms with van der Waals surface area (Å²) in [5.74, 6) is 0.0453. The number of carboxylic acids is 1. The van der Waals surface area contributed by atoms with Crippen LogP contribution in [0.1, 0.15) is 59.8 Å². The predicted molar refractivity (Wildman–Crippen MR) is 83.0 cm³/mol. The number of nitrogens with one attached hydrogen (secondary N) is 1. The lowest BCUT2D eigenvalue weighted by molar-refractivity contribution is -0.145. The molecule has 1 saturated carbocycles. The van der Waals surface area contributed by atoms with Gasteiger partial charge in [-0.15, -0.1) is 0 Å². The van der Waals surface area contributed by atoms with Crippen LogP contribution >= 0.6 is 0 Å². The number of rotatable bonds is 8. The Labute approximate surface area is 123 Å². The van der Waals surface area contributed by atoms with E-state index in [1.165, 1.54) is 25.7 Å². The number of nitrogens with zero attached hydrogens (tertiary/aromatic N) is 1. The van der Waals surface area contributed by atoms with Gasteiger partial charge in [0.2, 0.25) is 0 Å². The molecule has 4 nitrogen and oxygen atoms in total. The van der Waals surface area contributed by atoms with Crippen molar-refractivity contribution in [3.63, 3.8) is 0 Å². The average Bonchev–Trinajstić information content (AvgIpc) is 2.80. The van der Waals surface area contributed by atoms with Crippen LogP contribution in [0.3, 0.4) is 0 Å². The summed E-state index contributed by atoms with van der Waals surface area (Å²) in [7, 11) is 2.13. The van der Waals surface area contributed by atoms with Crippen molar-refractivity contribution in [3.05, 3.63) is 0 Å². The van der Waals surface area contributed by atoms with Crippen molar-refractivity contribution in [2.24, 2.45) is 5.92 Å². The highest BCUT2D eigenvalue weighted by Crippen LogP contribution is 2.26. The molecule has 0 aromatic rings. The lowest BCUT2D eigenvalue weighted by atomic mass is 9.91. The minimum atomic E-state index is -0.850. The molecule has 0 amide bonds. The molecule has 2 atom stereocenters. The van der Waals surface area contributed by atoms with Crippen LogP contribution in [0.5, 0.6) is 0 Å². The van der Waals surface area contributed by atoms with Crippen molar-refractivity contribution in [2.75, 3.05) is 13.6 Å². The van der Waals surface area contributed by atoms with E-state index in [1.807, 2.05) is 13.8 Å². The molecule has 20 heavy (non-hydrogen) atoms. The van der Waals surface area contributed by atoms with Gasteiger partial charge >= 0.3 is 5.97 Å². The van der Waals surface area contributed by atoms with Gasteiger partial charge in [-0.25, -0.2) is 0 Å². The van der Waals surface area contributed by atoms with Crippen molar-refractivity contribution in [1.82, 2.24) is 10.2 Å². The van der Waals surface area contributed by atoms with Gasteiger partial charge in [-0.1, -0.05) is 12.8 Å². The zero-order valence-corrected chi connectivity index (χ0v) is 13.8. The first-order valence-corrected chi connectivity index (χ1v) is 7.96. The first-order chi connectivity index (χ1) is 9.24. The third kappa shape index (κ3) is 5.06. The van der Waals surface area contributed by atoms with Crippen molar-refractivity contribution < 1.29 is 9.90 Å². The van der Waals surface area contributed by atoms with Gasteiger partial charge in [0.05, 0.1) is 0 Å². The third-order valence-corrected chi connectivity index (χ3v) is 4.56. The van der Waals surface area contributed by atoms with E-state index in [2.05, 4.69) is 24.2 Å². The van der Waals surface area contributed by atoms with E-state index in [1.54, 1.807) is 6.92 Å². The molecule has 1 aliphatic carbocycles. The Balaban J connectivity index is 2.55. The van der Waals surface area contributed by atoms with Crippen molar-refractivity contribution in [3.8, 4) is 0 Å². The smallest absolute Gasteiger partial charge is 0.323 e. The summed E-state index contributed by atoms with van der Waals surface area (Å²) in [4.78, 5) is 13.9. The molecule has 118 valence electrons. The Hall–Kier alpha value is -0.610. The molecule has 1 rings (SSSR count). The summed E-state index contributed by atoms with van der Waals surface area (Å²) in [6.07, 6.45) is 6.00. The Morgan fingerprint density at radius 1 is 1.35 bits per heavy atom. The summed E-state index contributed by atoms with van der Waals surface area (Å²) < 4.78 is 0. The van der Waals surface area contributed by atoms with Gasteiger partial charge in [-0.2, -0.15) is 0 Å². The monoisotopic (exact) mass is 284 g/mol. The van der Waals surface area contributed by atoms with E-state index in [-0.39, 0.29) is 12.1 Å². The number of carboxylic acid groups (broad SMARTS) is 1. The van der Waals surface area contributed by atoms with E-state index in [9.17, 15) is 9.90 Å². The van der Waals surface area contributed by atoms with E-state index in [0.717, 1.165) is 12.5 Å². The molecule has 0 heterocycles. The summed E-state index contributed by atoms with van der Waals surface area (Å²) in [6, 6.07) is 0.436. The number of hydrogen-bond donors (Lipinski definition) is 2. The van der Waals surface area contributed by atoms with Crippen LogP contribution in [0, 0.1) is 5.92 Å². The van der Waals surface area contributed by atoms with Crippen molar-refractivity contribution >= 4 is 5.97 Å². The highest BCUT2D eigenvalue weighted by molar-refractivity contribution is 5.78. The largest absolute Gasteiger partial charge is 0.480 e. The van der Waals surface area contributed by atoms with E-state index < -0.39 is 11.5 Å². The summed E-state index contributed by atoms with van der Waals surface area (Å²) in [5, 5.41) is 12.7. The van der Waals surface area contributed by atoms with E-state index in [0.29, 0.717) is 6.42 Å². The highest BCUT2D eigenvalue weighted by Gasteiger charge is 2.36. The Morgan fingerprint density at radius 3 is 2.35 bits per heavy atom. The molecule has 1 aliphatic rings. The molecule has 0 spiro atoms. The Morgan fingerprint density at radius 2 is 1.90 bits per heavy atom. The second-order valence-electron chi connectivity index (χ2n) is 7.08. The van der Waals surface area contributed by atoms with Crippen molar-refractivity contribution in [1.29, 1.82) is 0 Å². The Bertz CT molecular complexity index is 314. The third-order valence-electron chi connectivity index (χ3n) is 4.56. The summed E-state index contributed by atoms with van der Waals surface area (Å²) in [5.41, 5.74) is -0.850. The molecule has 0 radical (unpaired) electrons. The topological polar surface area (TPSA) is 52.6 Å².